The van der Waals surface area contributed by atoms with Crippen molar-refractivity contribution in [2.24, 2.45) is 5.92 Å². The van der Waals surface area contributed by atoms with Crippen molar-refractivity contribution in [1.82, 2.24) is 20.9 Å². The molecule has 3 rings (SSSR count). The first kappa shape index (κ1) is 33.9. The molecule has 1 aliphatic carbocycles. The van der Waals surface area contributed by atoms with E-state index in [0.717, 1.165) is 75.3 Å². The standard InChI is InChI=1S/C34H56N4O4/c1-25(2)23-28(36-32(41)38-21-11-6-7-12-22-38)30(39)35-29(31(40)37-33(3,4)5)24-27-15-13-26(14-16-27)17-20-34(42)18-9-8-10-19-34/h13-16,25,28-29,42H,6-12,17-24H2,1-5H3,(H,35,39)(H,36,41)(H,37,40)/t28-,29-/m0/s1. The summed E-state index contributed by atoms with van der Waals surface area (Å²) in [5.74, 6) is -0.397. The largest absolute Gasteiger partial charge is 0.390 e. The molecule has 0 aromatic heterocycles. The van der Waals surface area contributed by atoms with Gasteiger partial charge in [0.2, 0.25) is 11.8 Å². The van der Waals surface area contributed by atoms with Crippen molar-refractivity contribution in [1.29, 1.82) is 0 Å². The fourth-order valence-corrected chi connectivity index (χ4v) is 6.07. The Morgan fingerprint density at radius 2 is 1.40 bits per heavy atom. The van der Waals surface area contributed by atoms with Gasteiger partial charge in [-0.3, -0.25) is 9.59 Å². The number of nitrogens with one attached hydrogen (secondary N) is 3. The third-order valence-corrected chi connectivity index (χ3v) is 8.47. The number of aliphatic hydroxyl groups is 1. The molecule has 0 bridgehead atoms. The summed E-state index contributed by atoms with van der Waals surface area (Å²) in [6, 6.07) is 6.43. The number of rotatable bonds is 11. The zero-order valence-corrected chi connectivity index (χ0v) is 26.8. The van der Waals surface area contributed by atoms with Gasteiger partial charge in [0.1, 0.15) is 12.1 Å². The summed E-state index contributed by atoms with van der Waals surface area (Å²) in [5, 5.41) is 19.9. The van der Waals surface area contributed by atoms with E-state index in [1.54, 1.807) is 0 Å². The average Bonchev–Trinajstić information content (AvgIpc) is 3.21. The van der Waals surface area contributed by atoms with Crippen molar-refractivity contribution in [3.63, 3.8) is 0 Å². The summed E-state index contributed by atoms with van der Waals surface area (Å²) >= 11 is 0. The minimum absolute atomic E-state index is 0.186. The molecule has 2 fully saturated rings. The Balaban J connectivity index is 1.68. The van der Waals surface area contributed by atoms with Gasteiger partial charge in [-0.15, -0.1) is 0 Å². The fraction of sp³-hybridized carbons (Fsp3) is 0.735. The Labute approximate surface area is 253 Å². The normalized spacial score (nSPS) is 19.0. The van der Waals surface area contributed by atoms with Crippen LogP contribution in [0.5, 0.6) is 0 Å². The van der Waals surface area contributed by atoms with Gasteiger partial charge in [-0.1, -0.05) is 70.2 Å². The number of carbonyl (C=O) groups excluding carboxylic acids is 3. The smallest absolute Gasteiger partial charge is 0.318 e. The molecule has 1 aromatic rings. The van der Waals surface area contributed by atoms with Crippen LogP contribution in [0.15, 0.2) is 24.3 Å². The lowest BCUT2D eigenvalue weighted by atomic mass is 9.81. The van der Waals surface area contributed by atoms with Crippen LogP contribution in [0.2, 0.25) is 0 Å². The molecular weight excluding hydrogens is 528 g/mol. The summed E-state index contributed by atoms with van der Waals surface area (Å²) in [7, 11) is 0. The number of benzene rings is 1. The Kier molecular flexibility index (Phi) is 12.7. The molecule has 8 nitrogen and oxygen atoms in total. The van der Waals surface area contributed by atoms with E-state index in [1.807, 2.05) is 51.7 Å². The number of hydrogen-bond donors (Lipinski definition) is 4. The Hall–Kier alpha value is -2.61. The molecule has 4 amide bonds. The van der Waals surface area contributed by atoms with Crippen LogP contribution < -0.4 is 16.0 Å². The van der Waals surface area contributed by atoms with Crippen LogP contribution in [0.4, 0.5) is 4.79 Å². The van der Waals surface area contributed by atoms with E-state index in [2.05, 4.69) is 28.1 Å². The summed E-state index contributed by atoms with van der Waals surface area (Å²) in [4.78, 5) is 41.9. The van der Waals surface area contributed by atoms with Crippen LogP contribution in [0.1, 0.15) is 116 Å². The highest BCUT2D eigenvalue weighted by atomic mass is 16.3. The first-order chi connectivity index (χ1) is 19.8. The van der Waals surface area contributed by atoms with Gasteiger partial charge in [-0.25, -0.2) is 4.79 Å². The van der Waals surface area contributed by atoms with E-state index in [1.165, 1.54) is 6.42 Å². The minimum atomic E-state index is -0.782. The molecule has 1 saturated heterocycles. The van der Waals surface area contributed by atoms with Crippen LogP contribution >= 0.6 is 0 Å². The van der Waals surface area contributed by atoms with Gasteiger partial charge < -0.3 is 26.0 Å². The van der Waals surface area contributed by atoms with Crippen molar-refractivity contribution < 1.29 is 19.5 Å². The molecule has 8 heteroatoms. The SMILES string of the molecule is CC(C)C[C@H](NC(=O)N1CCCCCC1)C(=O)N[C@@H](Cc1ccc(CCC2(O)CCCCC2)cc1)C(=O)NC(C)(C)C. The summed E-state index contributed by atoms with van der Waals surface area (Å²) < 4.78 is 0. The minimum Gasteiger partial charge on any atom is -0.390 e. The monoisotopic (exact) mass is 584 g/mol. The van der Waals surface area contributed by atoms with Gasteiger partial charge in [-0.05, 0) is 82.8 Å². The molecule has 1 saturated carbocycles. The molecule has 0 radical (unpaired) electrons. The molecule has 1 aliphatic heterocycles. The lowest BCUT2D eigenvalue weighted by Gasteiger charge is -2.32. The molecule has 42 heavy (non-hydrogen) atoms. The summed E-state index contributed by atoms with van der Waals surface area (Å²) in [6.07, 6.45) is 11.8. The Morgan fingerprint density at radius 3 is 1.98 bits per heavy atom. The van der Waals surface area contributed by atoms with E-state index in [4.69, 9.17) is 0 Å². The zero-order chi connectivity index (χ0) is 30.8. The Bertz CT molecular complexity index is 1000. The van der Waals surface area contributed by atoms with Crippen molar-refractivity contribution >= 4 is 17.8 Å². The average molecular weight is 585 g/mol. The fourth-order valence-electron chi connectivity index (χ4n) is 6.07. The third-order valence-electron chi connectivity index (χ3n) is 8.47. The number of nitrogens with zero attached hydrogens (tertiary/aromatic N) is 1. The number of carbonyl (C=O) groups is 3. The molecule has 236 valence electrons. The first-order valence-electron chi connectivity index (χ1n) is 16.3. The van der Waals surface area contributed by atoms with Gasteiger partial charge in [-0.2, -0.15) is 0 Å². The van der Waals surface area contributed by atoms with Crippen LogP contribution in [-0.2, 0) is 22.4 Å². The quantitative estimate of drug-likeness (QED) is 0.285. The maximum Gasteiger partial charge on any atom is 0.318 e. The predicted octanol–water partition coefficient (Wildman–Crippen LogP) is 5.26. The van der Waals surface area contributed by atoms with Crippen molar-refractivity contribution in [2.45, 2.75) is 141 Å². The van der Waals surface area contributed by atoms with Crippen molar-refractivity contribution in [3.05, 3.63) is 35.4 Å². The Morgan fingerprint density at radius 1 is 0.833 bits per heavy atom. The number of likely N-dealkylation sites (tertiary alicyclic amines) is 1. The highest BCUT2D eigenvalue weighted by molar-refractivity contribution is 5.92. The van der Waals surface area contributed by atoms with Gasteiger partial charge in [0.25, 0.3) is 0 Å². The van der Waals surface area contributed by atoms with Crippen LogP contribution in [0.3, 0.4) is 0 Å². The maximum atomic E-state index is 13.6. The molecular formula is C34H56N4O4. The topological polar surface area (TPSA) is 111 Å². The third kappa shape index (κ3) is 11.6. The second-order valence-corrected chi connectivity index (χ2v) is 14.1. The van der Waals surface area contributed by atoms with E-state index in [0.29, 0.717) is 25.9 Å². The van der Waals surface area contributed by atoms with Gasteiger partial charge >= 0.3 is 6.03 Å². The van der Waals surface area contributed by atoms with Crippen molar-refractivity contribution in [3.8, 4) is 0 Å². The van der Waals surface area contributed by atoms with Crippen LogP contribution in [0.25, 0.3) is 0 Å². The molecule has 1 aromatic carbocycles. The highest BCUT2D eigenvalue weighted by Gasteiger charge is 2.31. The molecule has 0 unspecified atom stereocenters. The lowest BCUT2D eigenvalue weighted by molar-refractivity contribution is -0.130. The van der Waals surface area contributed by atoms with Crippen LogP contribution in [-0.4, -0.2) is 64.2 Å². The highest BCUT2D eigenvalue weighted by Crippen LogP contribution is 2.32. The predicted molar refractivity (Wildman–Crippen MR) is 168 cm³/mol. The van der Waals surface area contributed by atoms with Gasteiger partial charge in [0.05, 0.1) is 5.60 Å². The van der Waals surface area contributed by atoms with E-state index >= 15 is 0 Å². The summed E-state index contributed by atoms with van der Waals surface area (Å²) in [6.45, 7) is 11.2. The summed E-state index contributed by atoms with van der Waals surface area (Å²) in [5.41, 5.74) is 1.10. The zero-order valence-electron chi connectivity index (χ0n) is 26.8. The van der Waals surface area contributed by atoms with E-state index in [-0.39, 0.29) is 23.8 Å². The number of hydrogen-bond acceptors (Lipinski definition) is 4. The maximum absolute atomic E-state index is 13.6. The number of urea groups is 1. The van der Waals surface area contributed by atoms with Crippen molar-refractivity contribution in [2.75, 3.05) is 13.1 Å². The second-order valence-electron chi connectivity index (χ2n) is 14.1. The molecule has 1 heterocycles. The molecule has 4 N–H and O–H groups in total. The van der Waals surface area contributed by atoms with Gasteiger partial charge in [0, 0.05) is 25.0 Å². The number of amides is 4. The lowest BCUT2D eigenvalue weighted by Crippen LogP contribution is -2.58. The molecule has 0 spiro atoms. The second kappa shape index (κ2) is 15.7. The number of aryl methyl sites for hydroxylation is 1. The van der Waals surface area contributed by atoms with Crippen LogP contribution in [0, 0.1) is 5.92 Å². The molecule has 2 aliphatic rings. The van der Waals surface area contributed by atoms with Gasteiger partial charge in [0.15, 0.2) is 0 Å². The molecule has 2 atom stereocenters. The first-order valence-corrected chi connectivity index (χ1v) is 16.3. The van der Waals surface area contributed by atoms with E-state index < -0.39 is 23.2 Å². The van der Waals surface area contributed by atoms with E-state index in [9.17, 15) is 19.5 Å².